The molecule has 2 aromatic rings. The second kappa shape index (κ2) is 10.1. The van der Waals surface area contributed by atoms with Crippen molar-refractivity contribution < 1.29 is 17.9 Å². The number of ether oxygens (including phenoxy) is 2. The first-order chi connectivity index (χ1) is 13.4. The number of nitrogens with zero attached hydrogens (tertiary/aromatic N) is 1. The summed E-state index contributed by atoms with van der Waals surface area (Å²) in [7, 11) is -3.21. The zero-order valence-electron chi connectivity index (χ0n) is 16.7. The molecular weight excluding hydrogens is 505 g/mol. The maximum Gasteiger partial charge on any atom is 0.231 e. The Bertz CT molecular complexity index is 993. The van der Waals surface area contributed by atoms with Crippen LogP contribution in [0.1, 0.15) is 23.6 Å². The van der Waals surface area contributed by atoms with E-state index in [1.54, 1.807) is 19.1 Å². The van der Waals surface area contributed by atoms with E-state index in [4.69, 9.17) is 9.47 Å². The monoisotopic (exact) mass is 531 g/mol. The number of aliphatic imine (C=N–C) groups is 1. The van der Waals surface area contributed by atoms with Crippen molar-refractivity contribution in [3.8, 4) is 11.5 Å². The van der Waals surface area contributed by atoms with Crippen molar-refractivity contribution in [2.24, 2.45) is 4.99 Å². The Labute approximate surface area is 188 Å². The predicted molar refractivity (Wildman–Crippen MR) is 124 cm³/mol. The molecule has 0 unspecified atom stereocenters. The Morgan fingerprint density at radius 2 is 1.79 bits per heavy atom. The van der Waals surface area contributed by atoms with Crippen LogP contribution in [-0.2, 0) is 22.9 Å². The van der Waals surface area contributed by atoms with Gasteiger partial charge < -0.3 is 20.1 Å². The Balaban J connectivity index is 0.00000300. The predicted octanol–water partition coefficient (Wildman–Crippen LogP) is 3.00. The van der Waals surface area contributed by atoms with Gasteiger partial charge in [-0.1, -0.05) is 18.2 Å². The van der Waals surface area contributed by atoms with Crippen LogP contribution in [-0.4, -0.2) is 34.0 Å². The molecule has 29 heavy (non-hydrogen) atoms. The van der Waals surface area contributed by atoms with E-state index in [2.05, 4.69) is 15.6 Å². The van der Waals surface area contributed by atoms with Gasteiger partial charge in [0.25, 0.3) is 0 Å². The third-order valence-corrected chi connectivity index (χ3v) is 5.56. The molecule has 0 bridgehead atoms. The molecule has 0 saturated carbocycles. The lowest BCUT2D eigenvalue weighted by Gasteiger charge is -2.12. The Morgan fingerprint density at radius 1 is 1.07 bits per heavy atom. The summed E-state index contributed by atoms with van der Waals surface area (Å²) < 4.78 is 34.2. The minimum atomic E-state index is -3.21. The van der Waals surface area contributed by atoms with Gasteiger partial charge in [0.2, 0.25) is 6.79 Å². The summed E-state index contributed by atoms with van der Waals surface area (Å²) in [5.41, 5.74) is 2.74. The summed E-state index contributed by atoms with van der Waals surface area (Å²) in [6, 6.07) is 11.1. The van der Waals surface area contributed by atoms with Crippen molar-refractivity contribution in [3.05, 3.63) is 53.1 Å². The van der Waals surface area contributed by atoms with E-state index >= 15 is 0 Å². The molecule has 0 saturated heterocycles. The van der Waals surface area contributed by atoms with E-state index in [-0.39, 0.29) is 30.8 Å². The number of hydrogen-bond acceptors (Lipinski definition) is 5. The van der Waals surface area contributed by atoms with Gasteiger partial charge in [-0.2, -0.15) is 0 Å². The van der Waals surface area contributed by atoms with Crippen molar-refractivity contribution in [1.82, 2.24) is 10.6 Å². The second-order valence-electron chi connectivity index (χ2n) is 6.61. The first-order valence-electron chi connectivity index (χ1n) is 9.07. The third kappa shape index (κ3) is 6.23. The molecule has 0 radical (unpaired) electrons. The van der Waals surface area contributed by atoms with Crippen LogP contribution in [0.4, 0.5) is 0 Å². The van der Waals surface area contributed by atoms with Crippen LogP contribution in [0.2, 0.25) is 0 Å². The Hall–Kier alpha value is -2.01. The molecule has 2 aromatic carbocycles. The molecule has 1 aliphatic rings. The van der Waals surface area contributed by atoms with E-state index in [0.29, 0.717) is 23.9 Å². The third-order valence-electron chi connectivity index (χ3n) is 4.30. The topological polar surface area (TPSA) is 89.0 Å². The van der Waals surface area contributed by atoms with Crippen LogP contribution in [0, 0.1) is 6.92 Å². The molecule has 0 aromatic heterocycles. The first-order valence-corrected chi connectivity index (χ1v) is 11.0. The van der Waals surface area contributed by atoms with Gasteiger partial charge >= 0.3 is 0 Å². The smallest absolute Gasteiger partial charge is 0.231 e. The molecule has 0 aliphatic carbocycles. The number of sulfone groups is 1. The summed E-state index contributed by atoms with van der Waals surface area (Å²) >= 11 is 0. The highest BCUT2D eigenvalue weighted by Gasteiger charge is 2.13. The van der Waals surface area contributed by atoms with Gasteiger partial charge in [0.05, 0.1) is 11.4 Å². The quantitative estimate of drug-likeness (QED) is 0.339. The van der Waals surface area contributed by atoms with Crippen LogP contribution in [0.15, 0.2) is 46.3 Å². The first kappa shape index (κ1) is 23.3. The van der Waals surface area contributed by atoms with Crippen molar-refractivity contribution in [3.63, 3.8) is 0 Å². The summed E-state index contributed by atoms with van der Waals surface area (Å²) in [6.07, 6.45) is 1.22. The SMILES string of the molecule is CCNC(=NCc1ccc(S(C)(=O)=O)c(C)c1)NCc1ccc2c(c1)OCO2.I. The number of fused-ring (bicyclic) bond motifs is 1. The second-order valence-corrected chi connectivity index (χ2v) is 8.59. The summed E-state index contributed by atoms with van der Waals surface area (Å²) in [5, 5.41) is 6.51. The summed E-state index contributed by atoms with van der Waals surface area (Å²) in [6.45, 7) is 5.83. The average Bonchev–Trinajstić information content (AvgIpc) is 3.10. The molecule has 9 heteroatoms. The van der Waals surface area contributed by atoms with E-state index in [9.17, 15) is 8.42 Å². The summed E-state index contributed by atoms with van der Waals surface area (Å²) in [5.74, 6) is 2.20. The molecule has 3 rings (SSSR count). The molecule has 158 valence electrons. The minimum Gasteiger partial charge on any atom is -0.454 e. The fourth-order valence-electron chi connectivity index (χ4n) is 2.97. The largest absolute Gasteiger partial charge is 0.454 e. The molecule has 0 amide bonds. The maximum atomic E-state index is 11.7. The molecule has 0 atom stereocenters. The minimum absolute atomic E-state index is 0. The van der Waals surface area contributed by atoms with E-state index in [1.807, 2.05) is 31.2 Å². The fourth-order valence-corrected chi connectivity index (χ4v) is 3.93. The molecule has 1 aliphatic heterocycles. The van der Waals surface area contributed by atoms with E-state index < -0.39 is 9.84 Å². The average molecular weight is 531 g/mol. The number of nitrogens with one attached hydrogen (secondary N) is 2. The Kier molecular flexibility index (Phi) is 8.14. The molecule has 7 nitrogen and oxygen atoms in total. The zero-order valence-corrected chi connectivity index (χ0v) is 19.8. The number of rotatable bonds is 6. The number of guanidine groups is 1. The molecule has 0 fully saturated rings. The lowest BCUT2D eigenvalue weighted by Crippen LogP contribution is -2.36. The standard InChI is InChI=1S/C20H25N3O4S.HI/c1-4-21-20(23-12-16-5-7-17-18(10-16)27-13-26-17)22-11-15-6-8-19(14(2)9-15)28(3,24)25;/h5-10H,4,11-13H2,1-3H3,(H2,21,22,23);1H. The normalized spacial score (nSPS) is 13.0. The fraction of sp³-hybridized carbons (Fsp3) is 0.350. The molecule has 1 heterocycles. The number of benzene rings is 2. The number of hydrogen-bond donors (Lipinski definition) is 2. The molecule has 0 spiro atoms. The lowest BCUT2D eigenvalue weighted by molar-refractivity contribution is 0.174. The van der Waals surface area contributed by atoms with Gasteiger partial charge in [0.1, 0.15) is 0 Å². The highest BCUT2D eigenvalue weighted by molar-refractivity contribution is 14.0. The van der Waals surface area contributed by atoms with Gasteiger partial charge in [-0.3, -0.25) is 0 Å². The van der Waals surface area contributed by atoms with Crippen LogP contribution in [0.3, 0.4) is 0 Å². The van der Waals surface area contributed by atoms with Crippen molar-refractivity contribution in [2.45, 2.75) is 31.8 Å². The van der Waals surface area contributed by atoms with Crippen LogP contribution < -0.4 is 20.1 Å². The van der Waals surface area contributed by atoms with Gasteiger partial charge in [-0.05, 0) is 48.7 Å². The van der Waals surface area contributed by atoms with Crippen LogP contribution in [0.25, 0.3) is 0 Å². The van der Waals surface area contributed by atoms with Gasteiger partial charge in [0, 0.05) is 19.3 Å². The van der Waals surface area contributed by atoms with Gasteiger partial charge in [-0.15, -0.1) is 24.0 Å². The van der Waals surface area contributed by atoms with Crippen molar-refractivity contribution in [2.75, 3.05) is 19.6 Å². The maximum absolute atomic E-state index is 11.7. The number of halogens is 1. The lowest BCUT2D eigenvalue weighted by atomic mass is 10.1. The van der Waals surface area contributed by atoms with E-state index in [0.717, 1.165) is 34.7 Å². The van der Waals surface area contributed by atoms with Gasteiger partial charge in [-0.25, -0.2) is 13.4 Å². The summed E-state index contributed by atoms with van der Waals surface area (Å²) in [4.78, 5) is 4.95. The van der Waals surface area contributed by atoms with E-state index in [1.165, 1.54) is 6.26 Å². The van der Waals surface area contributed by atoms with Crippen LogP contribution in [0.5, 0.6) is 11.5 Å². The van der Waals surface area contributed by atoms with Crippen molar-refractivity contribution in [1.29, 1.82) is 0 Å². The number of aryl methyl sites for hydroxylation is 1. The molecular formula is C20H26IN3O4S. The van der Waals surface area contributed by atoms with Crippen molar-refractivity contribution >= 4 is 39.8 Å². The Morgan fingerprint density at radius 3 is 2.48 bits per heavy atom. The van der Waals surface area contributed by atoms with Gasteiger partial charge in [0.15, 0.2) is 27.3 Å². The van der Waals surface area contributed by atoms with Crippen LogP contribution >= 0.6 is 24.0 Å². The highest BCUT2D eigenvalue weighted by Crippen LogP contribution is 2.32. The zero-order chi connectivity index (χ0) is 20.1. The molecule has 2 N–H and O–H groups in total. The highest BCUT2D eigenvalue weighted by atomic mass is 127.